The molecule has 3 heteroatoms. The van der Waals surface area contributed by atoms with Gasteiger partial charge < -0.3 is 9.71 Å². The molecule has 0 saturated heterocycles. The van der Waals surface area contributed by atoms with E-state index < -0.39 is 0 Å². The van der Waals surface area contributed by atoms with Crippen molar-refractivity contribution < 1.29 is 0 Å². The van der Waals surface area contributed by atoms with Gasteiger partial charge in [0, 0.05) is 50.1 Å². The summed E-state index contributed by atoms with van der Waals surface area (Å²) < 4.78 is 0. The Morgan fingerprint density at radius 2 is 0.919 bits per heavy atom. The number of rotatable bonds is 1. The first-order chi connectivity index (χ1) is 34.8. The van der Waals surface area contributed by atoms with Crippen molar-refractivity contribution in [2.75, 3.05) is 9.71 Å². The molecule has 2 nitrogen and oxygen atoms in total. The lowest BCUT2D eigenvalue weighted by Crippen LogP contribution is -2.62. The third-order valence-electron chi connectivity index (χ3n) is 22.5. The van der Waals surface area contributed by atoms with Crippen LogP contribution in [0.2, 0.25) is 0 Å². The lowest BCUT2D eigenvalue weighted by Gasteiger charge is -2.53. The van der Waals surface area contributed by atoms with Crippen LogP contribution in [0.3, 0.4) is 0 Å². The molecule has 3 heterocycles. The van der Waals surface area contributed by atoms with Crippen molar-refractivity contribution in [3.05, 3.63) is 170 Å². The molecule has 0 N–H and O–H groups in total. The Kier molecular flexibility index (Phi) is 8.37. The molecule has 5 aliphatic carbocycles. The van der Waals surface area contributed by atoms with E-state index in [1.807, 2.05) is 0 Å². The predicted molar refractivity (Wildman–Crippen MR) is 315 cm³/mol. The van der Waals surface area contributed by atoms with E-state index in [0.717, 1.165) is 12.8 Å². The molecule has 8 aliphatic rings. The van der Waals surface area contributed by atoms with Crippen LogP contribution < -0.4 is 20.6 Å². The fourth-order valence-electron chi connectivity index (χ4n) is 17.5. The van der Waals surface area contributed by atoms with Gasteiger partial charge in [0.2, 0.25) is 0 Å². The van der Waals surface area contributed by atoms with Gasteiger partial charge in [-0.2, -0.15) is 0 Å². The number of hydrogen-bond donors (Lipinski definition) is 0. The maximum atomic E-state index is 2.89. The minimum absolute atomic E-state index is 0.0292. The number of fused-ring (bicyclic) bond motifs is 18. The number of aryl methyl sites for hydroxylation is 1. The fourth-order valence-corrected chi connectivity index (χ4v) is 17.5. The van der Waals surface area contributed by atoms with Crippen LogP contribution in [-0.4, -0.2) is 6.85 Å². The largest absolute Gasteiger partial charge is 0.376 e. The Hall–Kier alpha value is -5.80. The highest BCUT2D eigenvalue weighted by Gasteiger charge is 2.60. The van der Waals surface area contributed by atoms with Crippen LogP contribution in [0.25, 0.3) is 33.4 Å². The van der Waals surface area contributed by atoms with Crippen LogP contribution in [0.15, 0.2) is 109 Å². The summed E-state index contributed by atoms with van der Waals surface area (Å²) in [5.41, 5.74) is 34.2. The SMILES string of the molecule is Cc1cc2c3cc1N1c4cc5c(c6c4B(c4ccc7c(c41)-c1ccccc1C7(C)C)N(c1ccc4c(c1)C(C)(C)CCC4(C)C)c1cc4c(cc1-6)C(C)(C)CCC4(C)C)-c1ccccc1C5(C)C3(C)CCC2(C)C. The molecule has 0 aromatic heterocycles. The summed E-state index contributed by atoms with van der Waals surface area (Å²) in [5, 5.41) is 0. The Morgan fingerprint density at radius 3 is 1.59 bits per heavy atom. The third kappa shape index (κ3) is 5.22. The van der Waals surface area contributed by atoms with Gasteiger partial charge in [-0.3, -0.25) is 0 Å². The summed E-state index contributed by atoms with van der Waals surface area (Å²) in [6, 6.07) is 45.7. The Morgan fingerprint density at radius 1 is 0.392 bits per heavy atom. The number of nitrogens with zero attached hydrogens (tertiary/aromatic N) is 2. The van der Waals surface area contributed by atoms with Crippen molar-refractivity contribution in [1.82, 2.24) is 0 Å². The normalized spacial score (nSPS) is 24.8. The molecule has 0 radical (unpaired) electrons. The molecule has 0 saturated carbocycles. The zero-order valence-corrected chi connectivity index (χ0v) is 47.1. The highest BCUT2D eigenvalue weighted by atomic mass is 15.2. The molecule has 372 valence electrons. The van der Waals surface area contributed by atoms with Crippen LogP contribution in [0.1, 0.15) is 197 Å². The van der Waals surface area contributed by atoms with E-state index in [-0.39, 0.29) is 50.2 Å². The Balaban J connectivity index is 1.18. The van der Waals surface area contributed by atoms with Gasteiger partial charge in [-0.25, -0.2) is 0 Å². The lowest BCUT2D eigenvalue weighted by atomic mass is 9.42. The zero-order valence-electron chi connectivity index (χ0n) is 47.1. The van der Waals surface area contributed by atoms with Crippen molar-refractivity contribution in [3.8, 4) is 33.4 Å². The predicted octanol–water partition coefficient (Wildman–Crippen LogP) is 17.3. The maximum Gasteiger partial charge on any atom is 0.333 e. The van der Waals surface area contributed by atoms with Gasteiger partial charge in [0.25, 0.3) is 0 Å². The van der Waals surface area contributed by atoms with Crippen LogP contribution >= 0.6 is 0 Å². The third-order valence-corrected chi connectivity index (χ3v) is 22.5. The van der Waals surface area contributed by atoms with E-state index in [1.165, 1.54) is 160 Å². The van der Waals surface area contributed by atoms with Crippen molar-refractivity contribution >= 4 is 46.2 Å². The molecule has 7 aromatic rings. The Bertz CT molecular complexity index is 3760. The van der Waals surface area contributed by atoms with E-state index in [1.54, 1.807) is 0 Å². The highest BCUT2D eigenvalue weighted by molar-refractivity contribution is 6.94. The molecule has 0 spiro atoms. The second-order valence-electron chi connectivity index (χ2n) is 29.1. The first kappa shape index (κ1) is 45.6. The fraction of sp³-hybridized carbons (Fsp3) is 0.408. The number of hydrogen-bond acceptors (Lipinski definition) is 2. The molecule has 15 rings (SSSR count). The van der Waals surface area contributed by atoms with Gasteiger partial charge in [0.1, 0.15) is 0 Å². The van der Waals surface area contributed by atoms with Gasteiger partial charge in [-0.15, -0.1) is 0 Å². The van der Waals surface area contributed by atoms with Crippen molar-refractivity contribution in [2.24, 2.45) is 0 Å². The molecular formula is C71H75BN2. The number of anilines is 5. The molecule has 0 fully saturated rings. The van der Waals surface area contributed by atoms with E-state index in [0.29, 0.717) is 0 Å². The summed E-state index contributed by atoms with van der Waals surface area (Å²) in [7, 11) is 0. The smallest absolute Gasteiger partial charge is 0.333 e. The van der Waals surface area contributed by atoms with Crippen LogP contribution in [-0.2, 0) is 43.3 Å². The second-order valence-corrected chi connectivity index (χ2v) is 29.1. The molecular weight excluding hydrogens is 892 g/mol. The standard InChI is InChI=1S/C71H75BN2/c1-40-34-49-53-38-56(40)73-58-39-54-59(43-21-17-19-23-46(43)71(54,15)70(53,14)33-32-68(49,10)11)61-44-36-51-52(67(8,9)31-30-66(51,6)7)37-57(44)74(41-24-25-47-50(35-41)65(4,5)29-28-64(47,2)3)72(62(58)61)55-27-26-48-60(63(55)73)42-20-16-18-22-45(42)69(48,12)13/h16-27,34-39H,28-33H2,1-15H3. The van der Waals surface area contributed by atoms with E-state index in [2.05, 4.69) is 223 Å². The quantitative estimate of drug-likeness (QED) is 0.151. The van der Waals surface area contributed by atoms with E-state index in [4.69, 9.17) is 0 Å². The van der Waals surface area contributed by atoms with Gasteiger partial charge in [-0.05, 0) is 203 Å². The van der Waals surface area contributed by atoms with E-state index in [9.17, 15) is 0 Å². The minimum atomic E-state index is -0.301. The summed E-state index contributed by atoms with van der Waals surface area (Å²) in [6.07, 6.45) is 7.00. The Labute approximate surface area is 443 Å². The minimum Gasteiger partial charge on any atom is -0.376 e. The lowest BCUT2D eigenvalue weighted by molar-refractivity contribution is 0.228. The summed E-state index contributed by atoms with van der Waals surface area (Å²) >= 11 is 0. The molecule has 74 heavy (non-hydrogen) atoms. The number of benzene rings is 7. The van der Waals surface area contributed by atoms with Crippen LogP contribution in [0.4, 0.5) is 28.4 Å². The average Bonchev–Trinajstić information content (AvgIpc) is 3.78. The van der Waals surface area contributed by atoms with Crippen molar-refractivity contribution in [3.63, 3.8) is 0 Å². The maximum absolute atomic E-state index is 2.89. The van der Waals surface area contributed by atoms with Crippen molar-refractivity contribution in [2.45, 2.75) is 186 Å². The molecule has 2 atom stereocenters. The molecule has 7 aromatic carbocycles. The summed E-state index contributed by atoms with van der Waals surface area (Å²) in [6.45, 7) is 37.7. The molecule has 4 bridgehead atoms. The first-order valence-electron chi connectivity index (χ1n) is 28.5. The summed E-state index contributed by atoms with van der Waals surface area (Å²) in [5.74, 6) is 0. The molecule has 3 aliphatic heterocycles. The van der Waals surface area contributed by atoms with Crippen LogP contribution in [0.5, 0.6) is 0 Å². The van der Waals surface area contributed by atoms with Crippen molar-refractivity contribution in [1.29, 1.82) is 0 Å². The first-order valence-corrected chi connectivity index (χ1v) is 28.5. The van der Waals surface area contributed by atoms with Gasteiger partial charge >= 0.3 is 6.85 Å². The van der Waals surface area contributed by atoms with Gasteiger partial charge in [-0.1, -0.05) is 170 Å². The topological polar surface area (TPSA) is 6.48 Å². The monoisotopic (exact) mass is 967 g/mol. The molecule has 0 amide bonds. The van der Waals surface area contributed by atoms with Gasteiger partial charge in [0.15, 0.2) is 0 Å². The molecule has 2 unspecified atom stereocenters. The van der Waals surface area contributed by atoms with Gasteiger partial charge in [0.05, 0.1) is 5.69 Å². The van der Waals surface area contributed by atoms with Crippen LogP contribution in [0, 0.1) is 6.92 Å². The average molecular weight is 967 g/mol. The summed E-state index contributed by atoms with van der Waals surface area (Å²) in [4.78, 5) is 5.74. The van der Waals surface area contributed by atoms with E-state index >= 15 is 0 Å². The second kappa shape index (κ2) is 13.6. The zero-order chi connectivity index (χ0) is 51.6. The highest BCUT2D eigenvalue weighted by Crippen LogP contribution is 2.68.